The summed E-state index contributed by atoms with van der Waals surface area (Å²) in [7, 11) is 1.84. The maximum Gasteiger partial charge on any atom is 0.0843 e. The molecule has 14 heavy (non-hydrogen) atoms. The average Bonchev–Trinajstić information content (AvgIpc) is 2.14. The average molecular weight is 211 g/mol. The Morgan fingerprint density at radius 3 is 2.93 bits per heavy atom. The van der Waals surface area contributed by atoms with Gasteiger partial charge in [-0.2, -0.15) is 5.26 Å². The zero-order valence-electron chi connectivity index (χ0n) is 7.87. The Balaban J connectivity index is 2.89. The normalized spacial score (nSPS) is 9.50. The standard InChI is InChI=1S/C9H11ClN4/c1-14(4-2-3-11)9-7(10)5-13-6-8(9)12/h5-6H,2,4,12H2,1H3. The first-order valence-electron chi connectivity index (χ1n) is 4.14. The molecule has 0 radical (unpaired) electrons. The van der Waals surface area contributed by atoms with Gasteiger partial charge in [-0.05, 0) is 0 Å². The lowest BCUT2D eigenvalue weighted by Crippen LogP contribution is -2.19. The lowest BCUT2D eigenvalue weighted by molar-refractivity contribution is 0.905. The Labute approximate surface area is 87.9 Å². The molecule has 0 aliphatic heterocycles. The molecule has 0 spiro atoms. The van der Waals surface area contributed by atoms with Crippen LogP contribution in [0.15, 0.2) is 12.4 Å². The van der Waals surface area contributed by atoms with Crippen molar-refractivity contribution < 1.29 is 0 Å². The van der Waals surface area contributed by atoms with Crippen molar-refractivity contribution in [3.05, 3.63) is 17.4 Å². The summed E-state index contributed by atoms with van der Waals surface area (Å²) < 4.78 is 0. The van der Waals surface area contributed by atoms with Crippen LogP contribution < -0.4 is 10.6 Å². The van der Waals surface area contributed by atoms with Gasteiger partial charge in [-0.3, -0.25) is 4.98 Å². The summed E-state index contributed by atoms with van der Waals surface area (Å²) in [6.45, 7) is 0.602. The van der Waals surface area contributed by atoms with Crippen molar-refractivity contribution in [3.63, 3.8) is 0 Å². The third-order valence-electron chi connectivity index (χ3n) is 1.84. The highest BCUT2D eigenvalue weighted by molar-refractivity contribution is 6.33. The molecule has 0 fully saturated rings. The molecular formula is C9H11ClN4. The first-order chi connectivity index (χ1) is 6.66. The summed E-state index contributed by atoms with van der Waals surface area (Å²) in [5, 5.41) is 8.95. The Hall–Kier alpha value is -1.47. The number of hydrogen-bond acceptors (Lipinski definition) is 4. The Morgan fingerprint density at radius 1 is 1.64 bits per heavy atom. The number of nitriles is 1. The van der Waals surface area contributed by atoms with Crippen LogP contribution in [-0.4, -0.2) is 18.6 Å². The number of rotatable bonds is 3. The molecule has 2 N–H and O–H groups in total. The molecule has 0 saturated carbocycles. The van der Waals surface area contributed by atoms with Crippen molar-refractivity contribution in [2.75, 3.05) is 24.2 Å². The van der Waals surface area contributed by atoms with E-state index in [9.17, 15) is 0 Å². The Morgan fingerprint density at radius 2 is 2.36 bits per heavy atom. The monoisotopic (exact) mass is 210 g/mol. The molecule has 0 saturated heterocycles. The number of nitrogens with two attached hydrogens (primary N) is 1. The summed E-state index contributed by atoms with van der Waals surface area (Å²) in [6.07, 6.45) is 3.52. The number of halogens is 1. The van der Waals surface area contributed by atoms with Crippen LogP contribution >= 0.6 is 11.6 Å². The van der Waals surface area contributed by atoms with E-state index >= 15 is 0 Å². The van der Waals surface area contributed by atoms with Gasteiger partial charge >= 0.3 is 0 Å². The second-order valence-corrected chi connectivity index (χ2v) is 3.30. The SMILES string of the molecule is CN(CCC#N)c1c(N)cncc1Cl. The zero-order valence-corrected chi connectivity index (χ0v) is 8.62. The van der Waals surface area contributed by atoms with Gasteiger partial charge in [0.15, 0.2) is 0 Å². The van der Waals surface area contributed by atoms with Crippen molar-refractivity contribution >= 4 is 23.0 Å². The maximum absolute atomic E-state index is 8.45. The highest BCUT2D eigenvalue weighted by Gasteiger charge is 2.09. The lowest BCUT2D eigenvalue weighted by Gasteiger charge is -2.20. The molecule has 1 aromatic heterocycles. The molecular weight excluding hydrogens is 200 g/mol. The fourth-order valence-electron chi connectivity index (χ4n) is 1.18. The third-order valence-corrected chi connectivity index (χ3v) is 2.12. The number of aromatic nitrogens is 1. The molecule has 0 atom stereocenters. The quantitative estimate of drug-likeness (QED) is 0.824. The van der Waals surface area contributed by atoms with Crippen LogP contribution in [0.2, 0.25) is 5.02 Å². The van der Waals surface area contributed by atoms with Gasteiger partial charge < -0.3 is 10.6 Å². The van der Waals surface area contributed by atoms with E-state index in [-0.39, 0.29) is 0 Å². The minimum Gasteiger partial charge on any atom is -0.396 e. The molecule has 0 aliphatic rings. The first kappa shape index (κ1) is 10.6. The molecule has 1 rings (SSSR count). The van der Waals surface area contributed by atoms with Gasteiger partial charge in [0.1, 0.15) is 0 Å². The minimum atomic E-state index is 0.439. The van der Waals surface area contributed by atoms with Gasteiger partial charge in [-0.1, -0.05) is 11.6 Å². The third kappa shape index (κ3) is 2.27. The second kappa shape index (κ2) is 4.68. The molecule has 1 aromatic rings. The first-order valence-corrected chi connectivity index (χ1v) is 4.51. The summed E-state index contributed by atoms with van der Waals surface area (Å²) >= 11 is 5.94. The highest BCUT2D eigenvalue weighted by Crippen LogP contribution is 2.29. The van der Waals surface area contributed by atoms with Gasteiger partial charge in [0.2, 0.25) is 0 Å². The van der Waals surface area contributed by atoms with E-state index in [1.54, 1.807) is 6.20 Å². The van der Waals surface area contributed by atoms with Crippen LogP contribution in [0.4, 0.5) is 11.4 Å². The van der Waals surface area contributed by atoms with E-state index in [1.165, 1.54) is 6.20 Å². The summed E-state index contributed by atoms with van der Waals surface area (Å²) in [5.74, 6) is 0. The Bertz CT molecular complexity index is 338. The molecule has 4 nitrogen and oxygen atoms in total. The highest BCUT2D eigenvalue weighted by atomic mass is 35.5. The van der Waals surface area contributed by atoms with Crippen LogP contribution in [0, 0.1) is 11.3 Å². The van der Waals surface area contributed by atoms with Crippen molar-refractivity contribution in [2.45, 2.75) is 6.42 Å². The van der Waals surface area contributed by atoms with E-state index in [0.29, 0.717) is 23.7 Å². The topological polar surface area (TPSA) is 65.9 Å². The van der Waals surface area contributed by atoms with Gasteiger partial charge in [-0.25, -0.2) is 0 Å². The van der Waals surface area contributed by atoms with Crippen molar-refractivity contribution in [1.29, 1.82) is 5.26 Å². The number of nitrogen functional groups attached to an aromatic ring is 1. The molecule has 0 aromatic carbocycles. The molecule has 0 unspecified atom stereocenters. The van der Waals surface area contributed by atoms with E-state index in [1.807, 2.05) is 11.9 Å². The smallest absolute Gasteiger partial charge is 0.0843 e. The molecule has 0 aliphatic carbocycles. The number of nitrogens with zero attached hydrogens (tertiary/aromatic N) is 3. The van der Waals surface area contributed by atoms with E-state index in [4.69, 9.17) is 22.6 Å². The van der Waals surface area contributed by atoms with E-state index < -0.39 is 0 Å². The number of pyridine rings is 1. The van der Waals surface area contributed by atoms with Gasteiger partial charge in [0.05, 0.1) is 35.1 Å². The van der Waals surface area contributed by atoms with Crippen LogP contribution in [0.5, 0.6) is 0 Å². The van der Waals surface area contributed by atoms with E-state index in [2.05, 4.69) is 11.1 Å². The zero-order chi connectivity index (χ0) is 10.6. The second-order valence-electron chi connectivity index (χ2n) is 2.89. The molecule has 5 heteroatoms. The largest absolute Gasteiger partial charge is 0.396 e. The van der Waals surface area contributed by atoms with Gasteiger partial charge in [0, 0.05) is 19.8 Å². The molecule has 74 valence electrons. The minimum absolute atomic E-state index is 0.439. The Kier molecular flexibility index (Phi) is 3.55. The fraction of sp³-hybridized carbons (Fsp3) is 0.333. The number of hydrogen-bond donors (Lipinski definition) is 1. The van der Waals surface area contributed by atoms with E-state index in [0.717, 1.165) is 5.69 Å². The summed E-state index contributed by atoms with van der Waals surface area (Å²) in [6, 6.07) is 2.07. The van der Waals surface area contributed by atoms with Crippen LogP contribution in [0.1, 0.15) is 6.42 Å². The predicted octanol–water partition coefficient (Wildman–Crippen LogP) is 1.67. The molecule has 1 heterocycles. The maximum atomic E-state index is 8.45. The van der Waals surface area contributed by atoms with Crippen LogP contribution in [0.25, 0.3) is 0 Å². The molecule has 0 amide bonds. The summed E-state index contributed by atoms with van der Waals surface area (Å²) in [5.41, 5.74) is 6.98. The summed E-state index contributed by atoms with van der Waals surface area (Å²) in [4.78, 5) is 5.71. The van der Waals surface area contributed by atoms with Crippen LogP contribution in [0.3, 0.4) is 0 Å². The number of anilines is 2. The lowest BCUT2D eigenvalue weighted by atomic mass is 10.3. The fourth-order valence-corrected chi connectivity index (χ4v) is 1.49. The van der Waals surface area contributed by atoms with Crippen molar-refractivity contribution in [1.82, 2.24) is 4.98 Å². The predicted molar refractivity (Wildman–Crippen MR) is 57.2 cm³/mol. The van der Waals surface area contributed by atoms with Crippen LogP contribution in [-0.2, 0) is 0 Å². The van der Waals surface area contributed by atoms with Gasteiger partial charge in [0.25, 0.3) is 0 Å². The molecule has 0 bridgehead atoms. The van der Waals surface area contributed by atoms with Crippen molar-refractivity contribution in [2.24, 2.45) is 0 Å². The van der Waals surface area contributed by atoms with Gasteiger partial charge in [-0.15, -0.1) is 0 Å². The van der Waals surface area contributed by atoms with Crippen molar-refractivity contribution in [3.8, 4) is 6.07 Å².